The van der Waals surface area contributed by atoms with Crippen LogP contribution in [0.3, 0.4) is 0 Å². The maximum atomic E-state index is 4.50. The summed E-state index contributed by atoms with van der Waals surface area (Å²) in [4.78, 5) is 0. The fraction of sp³-hybridized carbons (Fsp3) is 0.438. The lowest BCUT2D eigenvalue weighted by molar-refractivity contribution is 0.423. The van der Waals surface area contributed by atoms with Gasteiger partial charge in [0.25, 0.3) is 0 Å². The standard InChI is InChI=1S/C16H22BrN3/c1-12-14(9-18-16(2,3)4)10-19-20(12)11-13-6-5-7-15(17)8-13/h5-8,10,18H,9,11H2,1-4H3. The maximum absolute atomic E-state index is 4.50. The average molecular weight is 336 g/mol. The van der Waals surface area contributed by atoms with Crippen molar-refractivity contribution < 1.29 is 0 Å². The van der Waals surface area contributed by atoms with Gasteiger partial charge in [-0.3, -0.25) is 4.68 Å². The van der Waals surface area contributed by atoms with E-state index >= 15 is 0 Å². The molecular formula is C16H22BrN3. The molecule has 1 heterocycles. The summed E-state index contributed by atoms with van der Waals surface area (Å²) in [6, 6.07) is 8.35. The molecule has 4 heteroatoms. The van der Waals surface area contributed by atoms with Crippen molar-refractivity contribution in [1.82, 2.24) is 15.1 Å². The van der Waals surface area contributed by atoms with Crippen LogP contribution in [0, 0.1) is 6.92 Å². The maximum Gasteiger partial charge on any atom is 0.0662 e. The molecule has 108 valence electrons. The van der Waals surface area contributed by atoms with E-state index in [0.717, 1.165) is 17.6 Å². The van der Waals surface area contributed by atoms with Gasteiger partial charge in [-0.05, 0) is 45.4 Å². The molecule has 0 saturated heterocycles. The Labute approximate surface area is 129 Å². The van der Waals surface area contributed by atoms with Gasteiger partial charge in [-0.15, -0.1) is 0 Å². The normalized spacial score (nSPS) is 11.8. The monoisotopic (exact) mass is 335 g/mol. The zero-order valence-corrected chi connectivity index (χ0v) is 14.2. The molecule has 0 aliphatic carbocycles. The van der Waals surface area contributed by atoms with E-state index in [2.05, 4.69) is 76.9 Å². The Morgan fingerprint density at radius 1 is 1.30 bits per heavy atom. The van der Waals surface area contributed by atoms with Crippen molar-refractivity contribution in [2.75, 3.05) is 0 Å². The number of hydrogen-bond acceptors (Lipinski definition) is 2. The summed E-state index contributed by atoms with van der Waals surface area (Å²) in [5.41, 5.74) is 3.86. The molecule has 0 atom stereocenters. The molecule has 3 nitrogen and oxygen atoms in total. The van der Waals surface area contributed by atoms with Gasteiger partial charge < -0.3 is 5.32 Å². The summed E-state index contributed by atoms with van der Waals surface area (Å²) in [6.07, 6.45) is 1.96. The van der Waals surface area contributed by atoms with Crippen molar-refractivity contribution in [2.45, 2.75) is 46.3 Å². The van der Waals surface area contributed by atoms with Crippen LogP contribution in [-0.4, -0.2) is 15.3 Å². The molecule has 0 amide bonds. The third-order valence-corrected chi connectivity index (χ3v) is 3.73. The molecular weight excluding hydrogens is 314 g/mol. The average Bonchev–Trinajstić information content (AvgIpc) is 2.68. The number of benzene rings is 1. The molecule has 2 aromatic rings. The first-order chi connectivity index (χ1) is 9.35. The van der Waals surface area contributed by atoms with E-state index in [-0.39, 0.29) is 5.54 Å². The van der Waals surface area contributed by atoms with Crippen LogP contribution < -0.4 is 5.32 Å². The van der Waals surface area contributed by atoms with Gasteiger partial charge in [0.1, 0.15) is 0 Å². The second kappa shape index (κ2) is 6.10. The summed E-state index contributed by atoms with van der Waals surface area (Å²) in [5.74, 6) is 0. The lowest BCUT2D eigenvalue weighted by Crippen LogP contribution is -2.35. The molecule has 20 heavy (non-hydrogen) atoms. The summed E-state index contributed by atoms with van der Waals surface area (Å²) in [5, 5.41) is 8.01. The van der Waals surface area contributed by atoms with E-state index in [4.69, 9.17) is 0 Å². The van der Waals surface area contributed by atoms with Crippen LogP contribution in [-0.2, 0) is 13.1 Å². The smallest absolute Gasteiger partial charge is 0.0662 e. The van der Waals surface area contributed by atoms with E-state index < -0.39 is 0 Å². The van der Waals surface area contributed by atoms with Gasteiger partial charge in [-0.25, -0.2) is 0 Å². The Kier molecular flexibility index (Phi) is 4.66. The van der Waals surface area contributed by atoms with Gasteiger partial charge in [0.05, 0.1) is 12.7 Å². The third kappa shape index (κ3) is 4.18. The van der Waals surface area contributed by atoms with Crippen LogP contribution in [0.5, 0.6) is 0 Å². The Hall–Kier alpha value is -1.13. The van der Waals surface area contributed by atoms with Crippen molar-refractivity contribution in [3.8, 4) is 0 Å². The molecule has 0 aliphatic rings. The van der Waals surface area contributed by atoms with Crippen molar-refractivity contribution >= 4 is 15.9 Å². The highest BCUT2D eigenvalue weighted by Crippen LogP contribution is 2.15. The Morgan fingerprint density at radius 3 is 2.70 bits per heavy atom. The molecule has 0 spiro atoms. The van der Waals surface area contributed by atoms with E-state index in [0.29, 0.717) is 0 Å². The first-order valence-electron chi connectivity index (χ1n) is 6.86. The number of nitrogens with one attached hydrogen (secondary N) is 1. The number of aromatic nitrogens is 2. The summed E-state index contributed by atoms with van der Waals surface area (Å²) >= 11 is 3.51. The minimum Gasteiger partial charge on any atom is -0.308 e. The predicted molar refractivity (Wildman–Crippen MR) is 86.8 cm³/mol. The lowest BCUT2D eigenvalue weighted by atomic mass is 10.1. The fourth-order valence-corrected chi connectivity index (χ4v) is 2.43. The summed E-state index contributed by atoms with van der Waals surface area (Å²) < 4.78 is 3.16. The van der Waals surface area contributed by atoms with Crippen molar-refractivity contribution in [3.63, 3.8) is 0 Å². The van der Waals surface area contributed by atoms with Crippen molar-refractivity contribution in [2.24, 2.45) is 0 Å². The lowest BCUT2D eigenvalue weighted by Gasteiger charge is -2.20. The van der Waals surface area contributed by atoms with E-state index in [1.165, 1.54) is 16.8 Å². The highest BCUT2D eigenvalue weighted by molar-refractivity contribution is 9.10. The van der Waals surface area contributed by atoms with Gasteiger partial charge >= 0.3 is 0 Å². The van der Waals surface area contributed by atoms with Gasteiger partial charge in [-0.2, -0.15) is 5.10 Å². The zero-order chi connectivity index (χ0) is 14.8. The SMILES string of the molecule is Cc1c(CNC(C)(C)C)cnn1Cc1cccc(Br)c1. The molecule has 0 aliphatic heterocycles. The Morgan fingerprint density at radius 2 is 2.05 bits per heavy atom. The molecule has 2 rings (SSSR count). The van der Waals surface area contributed by atoms with E-state index in [9.17, 15) is 0 Å². The molecule has 1 aromatic carbocycles. The molecule has 0 saturated carbocycles. The second-order valence-electron chi connectivity index (χ2n) is 6.15. The van der Waals surface area contributed by atoms with Gasteiger partial charge in [0.15, 0.2) is 0 Å². The first kappa shape index (κ1) is 15.3. The van der Waals surface area contributed by atoms with Gasteiger partial charge in [0.2, 0.25) is 0 Å². The summed E-state index contributed by atoms with van der Waals surface area (Å²) in [7, 11) is 0. The van der Waals surface area contributed by atoms with Crippen LogP contribution in [0.25, 0.3) is 0 Å². The second-order valence-corrected chi connectivity index (χ2v) is 7.06. The molecule has 0 radical (unpaired) electrons. The minimum absolute atomic E-state index is 0.124. The van der Waals surface area contributed by atoms with Crippen LogP contribution >= 0.6 is 15.9 Å². The molecule has 1 aromatic heterocycles. The topological polar surface area (TPSA) is 29.9 Å². The van der Waals surface area contributed by atoms with Gasteiger partial charge in [0, 0.05) is 27.8 Å². The molecule has 0 bridgehead atoms. The van der Waals surface area contributed by atoms with E-state index in [1.54, 1.807) is 0 Å². The van der Waals surface area contributed by atoms with Crippen molar-refractivity contribution in [3.05, 3.63) is 51.8 Å². The summed E-state index contributed by atoms with van der Waals surface area (Å²) in [6.45, 7) is 10.3. The number of halogens is 1. The fourth-order valence-electron chi connectivity index (χ4n) is 1.99. The largest absolute Gasteiger partial charge is 0.308 e. The molecule has 1 N–H and O–H groups in total. The Bertz CT molecular complexity index is 582. The highest BCUT2D eigenvalue weighted by Gasteiger charge is 2.12. The highest BCUT2D eigenvalue weighted by atomic mass is 79.9. The van der Waals surface area contributed by atoms with Gasteiger partial charge in [-0.1, -0.05) is 28.1 Å². The zero-order valence-electron chi connectivity index (χ0n) is 12.6. The molecule has 0 unspecified atom stereocenters. The van der Waals surface area contributed by atoms with Crippen LogP contribution in [0.1, 0.15) is 37.6 Å². The Balaban J connectivity index is 2.09. The van der Waals surface area contributed by atoms with Crippen LogP contribution in [0.4, 0.5) is 0 Å². The number of nitrogens with zero attached hydrogens (tertiary/aromatic N) is 2. The predicted octanol–water partition coefficient (Wildman–Crippen LogP) is 3.89. The van der Waals surface area contributed by atoms with E-state index in [1.807, 2.05) is 12.3 Å². The quantitative estimate of drug-likeness (QED) is 0.918. The third-order valence-electron chi connectivity index (χ3n) is 3.24. The van der Waals surface area contributed by atoms with Crippen molar-refractivity contribution in [1.29, 1.82) is 0 Å². The van der Waals surface area contributed by atoms with Crippen LogP contribution in [0.15, 0.2) is 34.9 Å². The number of rotatable bonds is 4. The molecule has 0 fully saturated rings. The first-order valence-corrected chi connectivity index (χ1v) is 7.65. The van der Waals surface area contributed by atoms with Crippen LogP contribution in [0.2, 0.25) is 0 Å². The number of hydrogen-bond donors (Lipinski definition) is 1. The minimum atomic E-state index is 0.124.